The van der Waals surface area contributed by atoms with Gasteiger partial charge in [0, 0.05) is 19.4 Å². The summed E-state index contributed by atoms with van der Waals surface area (Å²) in [5.41, 5.74) is 38.0. The van der Waals surface area contributed by atoms with Crippen LogP contribution in [0.3, 0.4) is 0 Å². The molecule has 0 aliphatic carbocycles. The molecule has 0 aromatic rings. The number of hydrogen-bond donors (Lipinski definition) is 22. The van der Waals surface area contributed by atoms with E-state index in [-0.39, 0.29) is 44.7 Å². The predicted molar refractivity (Wildman–Crippen MR) is 276 cm³/mol. The van der Waals surface area contributed by atoms with E-state index in [1.165, 1.54) is 0 Å². The van der Waals surface area contributed by atoms with Crippen molar-refractivity contribution >= 4 is 82.9 Å². The summed E-state index contributed by atoms with van der Waals surface area (Å²) in [7, 11) is 0. The number of aliphatic hydroxyl groups excluding tert-OH is 4. The molecule has 0 fully saturated rings. The van der Waals surface area contributed by atoms with Crippen LogP contribution in [-0.2, 0) is 62.3 Å². The minimum absolute atomic E-state index is 0.0296. The number of primary amides is 2. The van der Waals surface area contributed by atoms with Crippen LogP contribution in [0, 0.1) is 0 Å². The fourth-order valence-electron chi connectivity index (χ4n) is 6.90. The van der Waals surface area contributed by atoms with Crippen molar-refractivity contribution in [2.45, 2.75) is 144 Å². The number of carboxylic acids is 2. The highest BCUT2D eigenvalue weighted by molar-refractivity contribution is 5.99. The maximum Gasteiger partial charge on any atom is 0.326 e. The summed E-state index contributed by atoms with van der Waals surface area (Å²) in [5, 5.41) is 78.5. The number of carbonyl (C=O) groups excluding carboxylic acids is 11. The Labute approximate surface area is 458 Å². The van der Waals surface area contributed by atoms with E-state index in [1.54, 1.807) is 0 Å². The molecule has 0 aliphatic rings. The first-order chi connectivity index (χ1) is 37.7. The van der Waals surface area contributed by atoms with Crippen molar-refractivity contribution in [1.29, 1.82) is 0 Å². The highest BCUT2D eigenvalue weighted by atomic mass is 16.4. The average Bonchev–Trinajstić information content (AvgIpc) is 3.39. The van der Waals surface area contributed by atoms with Crippen LogP contribution in [0.15, 0.2) is 4.99 Å². The molecule has 0 rings (SSSR count). The third kappa shape index (κ3) is 29.2. The summed E-state index contributed by atoms with van der Waals surface area (Å²) in [4.78, 5) is 171. The predicted octanol–water partition coefficient (Wildman–Crippen LogP) is -12.0. The molecule has 0 bridgehead atoms. The first kappa shape index (κ1) is 72.1. The summed E-state index contributed by atoms with van der Waals surface area (Å²) in [5.74, 6) is -16.5. The Hall–Kier alpha value is -7.90. The SMILES string of the molecule is NCCCC[C@H](NC(=O)[C@@H](N)CCCCN)C(=O)N[C@@H](CO)C(=O)N[C@@H](CO)C(=O)N[C@@H](CCC(N)=O)C(=O)N[C@@H](CO)C(=O)N[C@@H](CCC(=O)O)C(=O)N[C@@H](CO)C(=O)N[C@@H](CC(N)=O)C(=O)N[C@@H](CCCN=C(N)N)C(=O)O. The number of carboxylic acid groups (broad SMARTS) is 2. The van der Waals surface area contributed by atoms with E-state index in [1.807, 2.05) is 16.0 Å². The van der Waals surface area contributed by atoms with Crippen molar-refractivity contribution in [2.75, 3.05) is 46.1 Å². The van der Waals surface area contributed by atoms with Crippen LogP contribution in [0.5, 0.6) is 0 Å². The zero-order chi connectivity index (χ0) is 61.1. The molecule has 0 aromatic heterocycles. The monoisotopic (exact) mass is 1150 g/mol. The Morgan fingerprint density at radius 3 is 1.06 bits per heavy atom. The van der Waals surface area contributed by atoms with E-state index in [0.29, 0.717) is 32.2 Å². The van der Waals surface area contributed by atoms with Crippen LogP contribution in [-0.4, -0.2) is 220 Å². The molecule has 454 valence electrons. The fourth-order valence-corrected chi connectivity index (χ4v) is 6.90. The minimum atomic E-state index is -2.06. The highest BCUT2D eigenvalue weighted by Crippen LogP contribution is 2.08. The number of aliphatic carboxylic acids is 2. The minimum Gasteiger partial charge on any atom is -0.481 e. The van der Waals surface area contributed by atoms with Crippen LogP contribution in [0.1, 0.15) is 83.5 Å². The van der Waals surface area contributed by atoms with Crippen molar-refractivity contribution in [1.82, 2.24) is 47.9 Å². The number of amides is 11. The van der Waals surface area contributed by atoms with Gasteiger partial charge in [-0.1, -0.05) is 6.42 Å². The van der Waals surface area contributed by atoms with E-state index >= 15 is 0 Å². The van der Waals surface area contributed by atoms with Crippen LogP contribution in [0.2, 0.25) is 0 Å². The molecule has 80 heavy (non-hydrogen) atoms. The Kier molecular flexibility index (Phi) is 35.6. The van der Waals surface area contributed by atoms with E-state index in [2.05, 4.69) is 36.9 Å². The maximum absolute atomic E-state index is 13.6. The molecule has 36 heteroatoms. The van der Waals surface area contributed by atoms with E-state index in [0.717, 1.165) is 0 Å². The van der Waals surface area contributed by atoms with E-state index in [4.69, 9.17) is 40.1 Å². The quantitative estimate of drug-likeness (QED) is 0.0153. The zero-order valence-corrected chi connectivity index (χ0v) is 43.9. The topological polar surface area (TPSA) is 646 Å². The lowest BCUT2D eigenvalue weighted by atomic mass is 10.1. The lowest BCUT2D eigenvalue weighted by Gasteiger charge is -2.27. The second-order valence-corrected chi connectivity index (χ2v) is 17.9. The van der Waals surface area contributed by atoms with Gasteiger partial charge in [0.25, 0.3) is 0 Å². The molecule has 0 spiro atoms. The largest absolute Gasteiger partial charge is 0.481 e. The second-order valence-electron chi connectivity index (χ2n) is 17.9. The fraction of sp³-hybridized carbons (Fsp3) is 0.682. The van der Waals surface area contributed by atoms with Crippen LogP contribution >= 0.6 is 0 Å². The summed E-state index contributed by atoms with van der Waals surface area (Å²) >= 11 is 0. The number of aliphatic hydroxyl groups is 4. The number of rotatable bonds is 43. The number of hydrogen-bond acceptors (Lipinski definition) is 21. The Balaban J connectivity index is 6.32. The molecule has 0 saturated carbocycles. The lowest BCUT2D eigenvalue weighted by Crippen LogP contribution is -2.62. The molecule has 0 heterocycles. The second kappa shape index (κ2) is 39.5. The van der Waals surface area contributed by atoms with Gasteiger partial charge in [-0.3, -0.25) is 62.5 Å². The van der Waals surface area contributed by atoms with E-state index in [9.17, 15) is 93.0 Å². The van der Waals surface area contributed by atoms with Gasteiger partial charge in [-0.25, -0.2) is 4.79 Å². The number of unbranched alkanes of at least 4 members (excludes halogenated alkanes) is 2. The maximum atomic E-state index is 13.6. The van der Waals surface area contributed by atoms with Gasteiger partial charge >= 0.3 is 11.9 Å². The highest BCUT2D eigenvalue weighted by Gasteiger charge is 2.36. The number of carbonyl (C=O) groups is 13. The van der Waals surface area contributed by atoms with E-state index < -0.39 is 196 Å². The Bertz CT molecular complexity index is 2140. The van der Waals surface area contributed by atoms with Gasteiger partial charge in [-0.15, -0.1) is 0 Å². The Morgan fingerprint density at radius 2 is 0.700 bits per heavy atom. The molecule has 11 amide bonds. The average molecular weight is 1150 g/mol. The molecule has 36 nitrogen and oxygen atoms in total. The summed E-state index contributed by atoms with van der Waals surface area (Å²) in [6.45, 7) is -4.20. The van der Waals surface area contributed by atoms with Crippen LogP contribution < -0.4 is 88.0 Å². The summed E-state index contributed by atoms with van der Waals surface area (Å²) in [6, 6.07) is -17.4. The van der Waals surface area contributed by atoms with Gasteiger partial charge in [0.15, 0.2) is 5.96 Å². The molecule has 10 atom stereocenters. The molecule has 0 aromatic carbocycles. The van der Waals surface area contributed by atoms with Crippen molar-refractivity contribution in [2.24, 2.45) is 45.1 Å². The van der Waals surface area contributed by atoms with Crippen molar-refractivity contribution in [3.63, 3.8) is 0 Å². The third-order valence-electron chi connectivity index (χ3n) is 11.3. The number of nitrogens with two attached hydrogens (primary N) is 7. The van der Waals surface area contributed by atoms with Crippen molar-refractivity contribution < 1.29 is 93.0 Å². The van der Waals surface area contributed by atoms with Gasteiger partial charge in [0.05, 0.1) is 38.9 Å². The van der Waals surface area contributed by atoms with Gasteiger partial charge in [0.1, 0.15) is 54.4 Å². The number of guanidine groups is 1. The first-order valence-electron chi connectivity index (χ1n) is 25.1. The van der Waals surface area contributed by atoms with Crippen LogP contribution in [0.4, 0.5) is 0 Å². The van der Waals surface area contributed by atoms with Gasteiger partial charge < -0.3 is 119 Å². The van der Waals surface area contributed by atoms with Gasteiger partial charge in [-0.2, -0.15) is 0 Å². The van der Waals surface area contributed by atoms with Gasteiger partial charge in [-0.05, 0) is 70.9 Å². The molecular weight excluding hydrogens is 1070 g/mol. The third-order valence-corrected chi connectivity index (χ3v) is 11.3. The Morgan fingerprint density at radius 1 is 0.375 bits per heavy atom. The molecule has 0 aliphatic heterocycles. The molecule has 0 unspecified atom stereocenters. The lowest BCUT2D eigenvalue weighted by molar-refractivity contribution is -0.143. The van der Waals surface area contributed by atoms with Gasteiger partial charge in [0.2, 0.25) is 65.0 Å². The first-order valence-corrected chi connectivity index (χ1v) is 25.1. The normalized spacial score (nSPS) is 14.6. The molecule has 0 radical (unpaired) electrons. The molecule has 0 saturated heterocycles. The summed E-state index contributed by atoms with van der Waals surface area (Å²) in [6.07, 6.45) is -1.80. The number of nitrogens with one attached hydrogen (secondary N) is 9. The summed E-state index contributed by atoms with van der Waals surface area (Å²) < 4.78 is 0. The standard InChI is InChI=1S/C44H79N17O19/c45-13-3-1-6-21(47)34(70)53-22(7-2-4-14-46)35(71)58-30(20-65)42(78)61-28(18-63)40(76)54-23(9-11-31(48)66)36(72)59-27(17-62)39(75)55-24(10-12-33(68)69)37(73)60-29(19-64)41(77)57-26(16-32(49)67)38(74)56-25(43(79)80)8-5-15-52-44(50)51/h21-30,62-65H,1-20,45-47H2,(H2,48,66)(H2,49,67)(H,53,70)(H,54,76)(H,55,75)(H,56,74)(H,57,77)(H,58,71)(H,59,72)(H,60,73)(H,61,78)(H,68,69)(H,79,80)(H4,50,51,52)/t21-,22-,23-,24-,25-,26-,27-,28-,29-,30-/m0/s1. The van der Waals surface area contributed by atoms with Crippen molar-refractivity contribution in [3.8, 4) is 0 Å². The van der Waals surface area contributed by atoms with Crippen molar-refractivity contribution in [3.05, 3.63) is 0 Å². The number of aliphatic imine (C=N–C) groups is 1. The van der Waals surface area contributed by atoms with Crippen LogP contribution in [0.25, 0.3) is 0 Å². The molecular formula is C44H79N17O19. The molecule has 29 N–H and O–H groups in total. The number of nitrogens with zero attached hydrogens (tertiary/aromatic N) is 1. The zero-order valence-electron chi connectivity index (χ0n) is 43.9. The smallest absolute Gasteiger partial charge is 0.326 e.